The summed E-state index contributed by atoms with van der Waals surface area (Å²) >= 11 is 0. The van der Waals surface area contributed by atoms with Crippen LogP contribution in [0, 0.1) is 18.7 Å². The van der Waals surface area contributed by atoms with Crippen molar-refractivity contribution in [1.29, 1.82) is 0 Å². The Labute approximate surface area is 115 Å². The van der Waals surface area contributed by atoms with Crippen molar-refractivity contribution in [3.8, 4) is 5.75 Å². The number of hydrogen-bond donors (Lipinski definition) is 2. The molecule has 20 heavy (non-hydrogen) atoms. The van der Waals surface area contributed by atoms with Crippen molar-refractivity contribution in [2.24, 2.45) is 5.92 Å². The summed E-state index contributed by atoms with van der Waals surface area (Å²) in [4.78, 5) is 22.2. The molecule has 0 unspecified atom stereocenters. The standard InChI is InChI=1S/C14H16FNO4/c1-8-2-3-11(15)12(4-8)20-7-13(17)16-10-5-9(6-10)14(18)19/h2-4,9-10H,5-7H2,1H3,(H,16,17)(H,18,19). The monoisotopic (exact) mass is 281 g/mol. The highest BCUT2D eigenvalue weighted by atomic mass is 19.1. The molecule has 0 aromatic heterocycles. The second kappa shape index (κ2) is 5.90. The van der Waals surface area contributed by atoms with Gasteiger partial charge < -0.3 is 15.2 Å². The molecule has 2 rings (SSSR count). The number of hydrogen-bond acceptors (Lipinski definition) is 3. The van der Waals surface area contributed by atoms with Gasteiger partial charge in [0.15, 0.2) is 18.2 Å². The molecule has 0 saturated heterocycles. The number of carboxylic acid groups (broad SMARTS) is 1. The molecule has 1 fully saturated rings. The fourth-order valence-electron chi connectivity index (χ4n) is 2.07. The van der Waals surface area contributed by atoms with E-state index in [-0.39, 0.29) is 30.2 Å². The van der Waals surface area contributed by atoms with Crippen molar-refractivity contribution in [2.75, 3.05) is 6.61 Å². The van der Waals surface area contributed by atoms with Crippen molar-refractivity contribution < 1.29 is 23.8 Å². The summed E-state index contributed by atoms with van der Waals surface area (Å²) in [7, 11) is 0. The van der Waals surface area contributed by atoms with Gasteiger partial charge in [0.25, 0.3) is 5.91 Å². The number of rotatable bonds is 5. The van der Waals surface area contributed by atoms with E-state index in [4.69, 9.17) is 9.84 Å². The highest BCUT2D eigenvalue weighted by Crippen LogP contribution is 2.27. The summed E-state index contributed by atoms with van der Waals surface area (Å²) in [6.45, 7) is 1.52. The highest BCUT2D eigenvalue weighted by Gasteiger charge is 2.35. The van der Waals surface area contributed by atoms with Gasteiger partial charge in [0.1, 0.15) is 0 Å². The molecular weight excluding hydrogens is 265 g/mol. The minimum Gasteiger partial charge on any atom is -0.481 e. The number of benzene rings is 1. The summed E-state index contributed by atoms with van der Waals surface area (Å²) in [5, 5.41) is 11.4. The molecule has 5 nitrogen and oxygen atoms in total. The Morgan fingerprint density at radius 3 is 2.80 bits per heavy atom. The number of halogens is 1. The number of amides is 1. The summed E-state index contributed by atoms with van der Waals surface area (Å²) in [6.07, 6.45) is 0.861. The molecular formula is C14H16FNO4. The topological polar surface area (TPSA) is 75.6 Å². The minimum absolute atomic E-state index is 0.0390. The molecule has 0 atom stereocenters. The molecule has 1 aromatic rings. The zero-order valence-electron chi connectivity index (χ0n) is 11.1. The SMILES string of the molecule is Cc1ccc(F)c(OCC(=O)NC2CC(C(=O)O)C2)c1. The predicted molar refractivity (Wildman–Crippen MR) is 68.9 cm³/mol. The number of carboxylic acids is 1. The third-order valence-corrected chi connectivity index (χ3v) is 3.30. The lowest BCUT2D eigenvalue weighted by Gasteiger charge is -2.32. The van der Waals surface area contributed by atoms with Crippen molar-refractivity contribution >= 4 is 11.9 Å². The molecule has 0 radical (unpaired) electrons. The Balaban J connectivity index is 1.76. The molecule has 2 N–H and O–H groups in total. The van der Waals surface area contributed by atoms with Crippen molar-refractivity contribution in [1.82, 2.24) is 5.32 Å². The Kier molecular flexibility index (Phi) is 4.22. The third kappa shape index (κ3) is 3.46. The van der Waals surface area contributed by atoms with Gasteiger partial charge in [0.2, 0.25) is 0 Å². The first-order valence-electron chi connectivity index (χ1n) is 6.37. The summed E-state index contributed by atoms with van der Waals surface area (Å²) in [5.41, 5.74) is 0.838. The average molecular weight is 281 g/mol. The molecule has 1 aliphatic carbocycles. The van der Waals surface area contributed by atoms with Gasteiger partial charge in [-0.2, -0.15) is 0 Å². The van der Waals surface area contributed by atoms with Crippen LogP contribution in [0.2, 0.25) is 0 Å². The molecule has 1 aromatic carbocycles. The molecule has 0 spiro atoms. The van der Waals surface area contributed by atoms with Crippen LogP contribution in [-0.2, 0) is 9.59 Å². The zero-order chi connectivity index (χ0) is 14.7. The molecule has 1 saturated carbocycles. The van der Waals surface area contributed by atoms with Crippen LogP contribution in [0.4, 0.5) is 4.39 Å². The predicted octanol–water partition coefficient (Wildman–Crippen LogP) is 1.49. The maximum atomic E-state index is 13.4. The normalized spacial score (nSPS) is 20.9. The van der Waals surface area contributed by atoms with Gasteiger partial charge in [0.05, 0.1) is 5.92 Å². The number of aliphatic carboxylic acids is 1. The lowest BCUT2D eigenvalue weighted by molar-refractivity contribution is -0.146. The number of nitrogens with one attached hydrogen (secondary N) is 1. The van der Waals surface area contributed by atoms with Crippen LogP contribution in [-0.4, -0.2) is 29.6 Å². The molecule has 1 aliphatic rings. The molecule has 1 amide bonds. The Morgan fingerprint density at radius 1 is 1.45 bits per heavy atom. The number of ether oxygens (including phenoxy) is 1. The highest BCUT2D eigenvalue weighted by molar-refractivity contribution is 5.78. The van der Waals surface area contributed by atoms with Crippen LogP contribution in [0.25, 0.3) is 0 Å². The van der Waals surface area contributed by atoms with E-state index < -0.39 is 11.8 Å². The van der Waals surface area contributed by atoms with Gasteiger partial charge in [-0.05, 0) is 37.5 Å². The largest absolute Gasteiger partial charge is 0.481 e. The summed E-state index contributed by atoms with van der Waals surface area (Å²) in [6, 6.07) is 4.29. The van der Waals surface area contributed by atoms with E-state index in [1.54, 1.807) is 13.0 Å². The van der Waals surface area contributed by atoms with E-state index in [9.17, 15) is 14.0 Å². The smallest absolute Gasteiger partial charge is 0.306 e. The number of carbonyl (C=O) groups is 2. The van der Waals surface area contributed by atoms with Gasteiger partial charge in [-0.3, -0.25) is 9.59 Å². The van der Waals surface area contributed by atoms with E-state index in [1.807, 2.05) is 0 Å². The first kappa shape index (κ1) is 14.3. The molecule has 0 heterocycles. The zero-order valence-corrected chi connectivity index (χ0v) is 11.1. The van der Waals surface area contributed by atoms with Crippen LogP contribution in [0.3, 0.4) is 0 Å². The van der Waals surface area contributed by atoms with Gasteiger partial charge in [-0.1, -0.05) is 6.07 Å². The van der Waals surface area contributed by atoms with Gasteiger partial charge in [-0.25, -0.2) is 4.39 Å². The Bertz CT molecular complexity index is 526. The van der Waals surface area contributed by atoms with E-state index in [1.165, 1.54) is 12.1 Å². The first-order chi connectivity index (χ1) is 9.45. The van der Waals surface area contributed by atoms with Gasteiger partial charge in [0, 0.05) is 6.04 Å². The van der Waals surface area contributed by atoms with Crippen LogP contribution >= 0.6 is 0 Å². The van der Waals surface area contributed by atoms with E-state index in [2.05, 4.69) is 5.32 Å². The molecule has 6 heteroatoms. The summed E-state index contributed by atoms with van der Waals surface area (Å²) in [5.74, 6) is -2.07. The maximum absolute atomic E-state index is 13.4. The summed E-state index contributed by atoms with van der Waals surface area (Å²) < 4.78 is 18.5. The van der Waals surface area contributed by atoms with Crippen molar-refractivity contribution in [3.63, 3.8) is 0 Å². The van der Waals surface area contributed by atoms with Crippen LogP contribution < -0.4 is 10.1 Å². The van der Waals surface area contributed by atoms with Crippen LogP contribution in [0.15, 0.2) is 18.2 Å². The second-order valence-corrected chi connectivity index (χ2v) is 4.99. The Hall–Kier alpha value is -2.11. The molecule has 108 valence electrons. The Morgan fingerprint density at radius 2 is 2.15 bits per heavy atom. The van der Waals surface area contributed by atoms with E-state index in [0.29, 0.717) is 12.8 Å². The van der Waals surface area contributed by atoms with Gasteiger partial charge >= 0.3 is 5.97 Å². The van der Waals surface area contributed by atoms with Gasteiger partial charge in [-0.15, -0.1) is 0 Å². The van der Waals surface area contributed by atoms with E-state index >= 15 is 0 Å². The van der Waals surface area contributed by atoms with Crippen molar-refractivity contribution in [3.05, 3.63) is 29.6 Å². The fraction of sp³-hybridized carbons (Fsp3) is 0.429. The maximum Gasteiger partial charge on any atom is 0.306 e. The molecule has 0 bridgehead atoms. The number of carbonyl (C=O) groups excluding carboxylic acids is 1. The van der Waals surface area contributed by atoms with Crippen LogP contribution in [0.1, 0.15) is 18.4 Å². The van der Waals surface area contributed by atoms with Crippen molar-refractivity contribution in [2.45, 2.75) is 25.8 Å². The van der Waals surface area contributed by atoms with E-state index in [0.717, 1.165) is 5.56 Å². The van der Waals surface area contributed by atoms with Crippen LogP contribution in [0.5, 0.6) is 5.75 Å². The third-order valence-electron chi connectivity index (χ3n) is 3.30. The first-order valence-corrected chi connectivity index (χ1v) is 6.37. The molecule has 0 aliphatic heterocycles. The fourth-order valence-corrected chi connectivity index (χ4v) is 2.07. The number of aryl methyl sites for hydroxylation is 1. The second-order valence-electron chi connectivity index (χ2n) is 4.99. The lowest BCUT2D eigenvalue weighted by Crippen LogP contribution is -2.48. The quantitative estimate of drug-likeness (QED) is 0.857. The minimum atomic E-state index is -0.839. The average Bonchev–Trinajstić information content (AvgIpc) is 2.34. The lowest BCUT2D eigenvalue weighted by atomic mass is 9.80.